The lowest BCUT2D eigenvalue weighted by molar-refractivity contribution is 0.141. The van der Waals surface area contributed by atoms with Gasteiger partial charge in [0.05, 0.1) is 11.4 Å². The summed E-state index contributed by atoms with van der Waals surface area (Å²) < 4.78 is 0. The smallest absolute Gasteiger partial charge is 0.243 e. The summed E-state index contributed by atoms with van der Waals surface area (Å²) in [6, 6.07) is 0. The number of aryl methyl sites for hydroxylation is 2. The fourth-order valence-electron chi connectivity index (χ4n) is 2.67. The second-order valence-electron chi connectivity index (χ2n) is 5.44. The van der Waals surface area contributed by atoms with Crippen LogP contribution in [0.25, 0.3) is 0 Å². The fraction of sp³-hybridized carbons (Fsp3) is 0.800. The highest BCUT2D eigenvalue weighted by atomic mass is 15.3. The minimum Gasteiger partial charge on any atom is -0.352 e. The molecule has 0 amide bonds. The number of aromatic nitrogens is 3. The Bertz CT molecular complexity index is 428. The van der Waals surface area contributed by atoms with Crippen LogP contribution in [-0.4, -0.2) is 70.8 Å². The quantitative estimate of drug-likeness (QED) is 0.810. The van der Waals surface area contributed by atoms with Crippen LogP contribution in [0.4, 0.5) is 5.95 Å². The van der Waals surface area contributed by atoms with Crippen molar-refractivity contribution in [3.8, 4) is 0 Å². The van der Waals surface area contributed by atoms with Gasteiger partial charge in [-0.25, -0.2) is 4.98 Å². The maximum absolute atomic E-state index is 4.56. The van der Waals surface area contributed by atoms with Crippen LogP contribution in [0.2, 0.25) is 0 Å². The largest absolute Gasteiger partial charge is 0.352 e. The van der Waals surface area contributed by atoms with Crippen LogP contribution in [-0.2, 0) is 12.8 Å². The third-order valence-corrected chi connectivity index (χ3v) is 4.13. The van der Waals surface area contributed by atoms with Crippen molar-refractivity contribution in [1.82, 2.24) is 25.0 Å². The van der Waals surface area contributed by atoms with Crippen LogP contribution in [0.1, 0.15) is 32.2 Å². The van der Waals surface area contributed by atoms with E-state index in [-0.39, 0.29) is 0 Å². The monoisotopic (exact) mass is 292 g/mol. The molecule has 0 saturated carbocycles. The number of anilines is 1. The first-order chi connectivity index (χ1) is 10.3. The standard InChI is InChI=1S/C15H28N6/c1-4-13-14(5-2)18-19-15(17-13)16-7-8-21-11-9-20(6-3)10-12-21/h4-12H2,1-3H3,(H,16,17,19). The molecule has 0 unspecified atom stereocenters. The highest BCUT2D eigenvalue weighted by molar-refractivity contribution is 5.25. The van der Waals surface area contributed by atoms with Gasteiger partial charge in [-0.15, -0.1) is 5.10 Å². The molecule has 1 aliphatic heterocycles. The lowest BCUT2D eigenvalue weighted by Crippen LogP contribution is -2.47. The molecule has 1 aromatic heterocycles. The third kappa shape index (κ3) is 4.61. The van der Waals surface area contributed by atoms with Crippen molar-refractivity contribution >= 4 is 5.95 Å². The number of hydrogen-bond donors (Lipinski definition) is 1. The van der Waals surface area contributed by atoms with E-state index in [9.17, 15) is 0 Å². The molecule has 1 aromatic rings. The van der Waals surface area contributed by atoms with E-state index in [0.717, 1.165) is 57.0 Å². The van der Waals surface area contributed by atoms with Crippen LogP contribution < -0.4 is 5.32 Å². The molecular formula is C15H28N6. The summed E-state index contributed by atoms with van der Waals surface area (Å²) in [7, 11) is 0. The molecule has 1 saturated heterocycles. The highest BCUT2D eigenvalue weighted by Gasteiger charge is 2.14. The molecule has 0 bridgehead atoms. The summed E-state index contributed by atoms with van der Waals surface area (Å²) in [6.07, 6.45) is 1.80. The van der Waals surface area contributed by atoms with Gasteiger partial charge in [-0.2, -0.15) is 5.10 Å². The van der Waals surface area contributed by atoms with E-state index in [4.69, 9.17) is 0 Å². The van der Waals surface area contributed by atoms with Crippen molar-refractivity contribution in [2.75, 3.05) is 51.1 Å². The van der Waals surface area contributed by atoms with E-state index in [2.05, 4.69) is 51.1 Å². The van der Waals surface area contributed by atoms with Crippen molar-refractivity contribution in [3.63, 3.8) is 0 Å². The van der Waals surface area contributed by atoms with E-state index >= 15 is 0 Å². The van der Waals surface area contributed by atoms with Gasteiger partial charge in [0.25, 0.3) is 0 Å². The molecule has 2 rings (SSSR count). The zero-order valence-electron chi connectivity index (χ0n) is 13.6. The number of rotatable bonds is 7. The molecule has 0 atom stereocenters. The van der Waals surface area contributed by atoms with Crippen LogP contribution in [0.3, 0.4) is 0 Å². The maximum atomic E-state index is 4.56. The summed E-state index contributed by atoms with van der Waals surface area (Å²) >= 11 is 0. The molecule has 6 heteroatoms. The van der Waals surface area contributed by atoms with E-state index in [1.54, 1.807) is 0 Å². The van der Waals surface area contributed by atoms with Gasteiger partial charge in [0.2, 0.25) is 5.95 Å². The van der Waals surface area contributed by atoms with Gasteiger partial charge in [-0.1, -0.05) is 20.8 Å². The van der Waals surface area contributed by atoms with E-state index in [1.165, 1.54) is 13.1 Å². The molecule has 6 nitrogen and oxygen atoms in total. The molecule has 1 aliphatic rings. The number of nitrogens with zero attached hydrogens (tertiary/aromatic N) is 5. The molecular weight excluding hydrogens is 264 g/mol. The topological polar surface area (TPSA) is 57.2 Å². The SMILES string of the molecule is CCc1nnc(NCCN2CCN(CC)CC2)nc1CC. The molecule has 1 N–H and O–H groups in total. The fourth-order valence-corrected chi connectivity index (χ4v) is 2.67. The first kappa shape index (κ1) is 16.1. The predicted octanol–water partition coefficient (Wildman–Crippen LogP) is 1.05. The average Bonchev–Trinajstić information content (AvgIpc) is 2.55. The van der Waals surface area contributed by atoms with Gasteiger partial charge in [0, 0.05) is 39.3 Å². The molecule has 2 heterocycles. The minimum atomic E-state index is 0.663. The Hall–Kier alpha value is -1.27. The Labute approximate surface area is 128 Å². The second kappa shape index (κ2) is 8.24. The van der Waals surface area contributed by atoms with Gasteiger partial charge in [-0.3, -0.25) is 4.90 Å². The molecule has 0 spiro atoms. The first-order valence-electron chi connectivity index (χ1n) is 8.17. The van der Waals surface area contributed by atoms with E-state index < -0.39 is 0 Å². The van der Waals surface area contributed by atoms with Gasteiger partial charge >= 0.3 is 0 Å². The number of nitrogens with one attached hydrogen (secondary N) is 1. The van der Waals surface area contributed by atoms with Crippen molar-refractivity contribution in [2.24, 2.45) is 0 Å². The lowest BCUT2D eigenvalue weighted by atomic mass is 10.2. The van der Waals surface area contributed by atoms with Gasteiger partial charge in [-0.05, 0) is 19.4 Å². The molecule has 0 radical (unpaired) electrons. The van der Waals surface area contributed by atoms with Crippen molar-refractivity contribution in [3.05, 3.63) is 11.4 Å². The molecule has 0 aliphatic carbocycles. The Balaban J connectivity index is 1.76. The number of hydrogen-bond acceptors (Lipinski definition) is 6. The average molecular weight is 292 g/mol. The summed E-state index contributed by atoms with van der Waals surface area (Å²) in [4.78, 5) is 9.55. The maximum Gasteiger partial charge on any atom is 0.243 e. The van der Waals surface area contributed by atoms with Gasteiger partial charge in [0.1, 0.15) is 0 Å². The minimum absolute atomic E-state index is 0.663. The Morgan fingerprint density at radius 1 is 0.905 bits per heavy atom. The lowest BCUT2D eigenvalue weighted by Gasteiger charge is -2.33. The second-order valence-corrected chi connectivity index (χ2v) is 5.44. The van der Waals surface area contributed by atoms with Crippen LogP contribution in [0.15, 0.2) is 0 Å². The predicted molar refractivity (Wildman–Crippen MR) is 85.6 cm³/mol. The Kier molecular flexibility index (Phi) is 6.32. The van der Waals surface area contributed by atoms with Crippen molar-refractivity contribution in [2.45, 2.75) is 33.6 Å². The van der Waals surface area contributed by atoms with Crippen LogP contribution in [0, 0.1) is 0 Å². The summed E-state index contributed by atoms with van der Waals surface area (Å²) in [5.41, 5.74) is 2.07. The Morgan fingerprint density at radius 2 is 1.57 bits per heavy atom. The van der Waals surface area contributed by atoms with E-state index in [1.807, 2.05) is 0 Å². The van der Waals surface area contributed by atoms with Crippen LogP contribution in [0.5, 0.6) is 0 Å². The van der Waals surface area contributed by atoms with Gasteiger partial charge in [0.15, 0.2) is 0 Å². The van der Waals surface area contributed by atoms with Crippen molar-refractivity contribution < 1.29 is 0 Å². The zero-order valence-corrected chi connectivity index (χ0v) is 13.6. The zero-order chi connectivity index (χ0) is 15.1. The molecule has 1 fully saturated rings. The number of likely N-dealkylation sites (N-methyl/N-ethyl adjacent to an activating group) is 1. The molecule has 118 valence electrons. The highest BCUT2D eigenvalue weighted by Crippen LogP contribution is 2.07. The third-order valence-electron chi connectivity index (χ3n) is 4.13. The van der Waals surface area contributed by atoms with Gasteiger partial charge < -0.3 is 10.2 Å². The number of piperazine rings is 1. The Morgan fingerprint density at radius 3 is 2.19 bits per heavy atom. The summed E-state index contributed by atoms with van der Waals surface area (Å²) in [5, 5.41) is 11.7. The van der Waals surface area contributed by atoms with Crippen LogP contribution >= 0.6 is 0 Å². The van der Waals surface area contributed by atoms with Crippen molar-refractivity contribution in [1.29, 1.82) is 0 Å². The molecule has 21 heavy (non-hydrogen) atoms. The first-order valence-corrected chi connectivity index (χ1v) is 8.17. The summed E-state index contributed by atoms with van der Waals surface area (Å²) in [5.74, 6) is 0.663. The molecule has 0 aromatic carbocycles. The summed E-state index contributed by atoms with van der Waals surface area (Å²) in [6.45, 7) is 14.2. The normalized spacial score (nSPS) is 17.1. The van der Waals surface area contributed by atoms with E-state index in [0.29, 0.717) is 5.95 Å².